The van der Waals surface area contributed by atoms with Gasteiger partial charge >= 0.3 is 0 Å². The van der Waals surface area contributed by atoms with Crippen LogP contribution in [0.3, 0.4) is 0 Å². The molecule has 0 aliphatic carbocycles. The molecule has 4 heteroatoms. The fourth-order valence-corrected chi connectivity index (χ4v) is 3.02. The van der Waals surface area contributed by atoms with Crippen LogP contribution in [0.5, 0.6) is 0 Å². The molecule has 2 aromatic heterocycles. The molecule has 0 fully saturated rings. The molecule has 0 amide bonds. The first-order valence-corrected chi connectivity index (χ1v) is 8.10. The summed E-state index contributed by atoms with van der Waals surface area (Å²) in [4.78, 5) is 9.13. The van der Waals surface area contributed by atoms with E-state index in [4.69, 9.17) is 8.83 Å². The van der Waals surface area contributed by atoms with Crippen LogP contribution in [0.4, 0.5) is 0 Å². The topological polar surface area (TPSA) is 52.1 Å². The third-order valence-electron chi connectivity index (χ3n) is 4.29. The number of rotatable bonds is 2. The molecule has 0 bridgehead atoms. The highest BCUT2D eigenvalue weighted by molar-refractivity contribution is 5.79. The molecule has 0 unspecified atom stereocenters. The van der Waals surface area contributed by atoms with Crippen molar-refractivity contribution in [1.29, 1.82) is 0 Å². The van der Waals surface area contributed by atoms with Crippen LogP contribution in [-0.2, 0) is 0 Å². The van der Waals surface area contributed by atoms with E-state index in [0.717, 1.165) is 38.9 Å². The smallest absolute Gasteiger partial charge is 0.227 e. The van der Waals surface area contributed by atoms with Crippen molar-refractivity contribution in [3.8, 4) is 22.9 Å². The number of benzene rings is 3. The molecule has 0 saturated heterocycles. The van der Waals surface area contributed by atoms with E-state index >= 15 is 0 Å². The molecule has 0 saturated carbocycles. The molecular weight excluding hydrogens is 312 g/mol. The number of nitrogens with zero attached hydrogens (tertiary/aromatic N) is 2. The third kappa shape index (κ3) is 2.31. The van der Waals surface area contributed by atoms with Gasteiger partial charge in [-0.1, -0.05) is 24.3 Å². The Morgan fingerprint density at radius 1 is 0.680 bits per heavy atom. The summed E-state index contributed by atoms with van der Waals surface area (Å²) in [6.07, 6.45) is 0. The average molecular weight is 326 g/mol. The largest absolute Gasteiger partial charge is 0.436 e. The van der Waals surface area contributed by atoms with Crippen molar-refractivity contribution in [2.75, 3.05) is 0 Å². The number of aromatic nitrogens is 2. The molecule has 0 spiro atoms. The standard InChI is InChI=1S/C21H14N2O2/c1-13-12-14(20-22-16-6-2-4-8-18(16)24-20)10-11-15(13)21-23-17-7-3-5-9-19(17)25-21/h2-12H,1H3. The van der Waals surface area contributed by atoms with Crippen LogP contribution in [0.2, 0.25) is 0 Å². The highest BCUT2D eigenvalue weighted by Gasteiger charge is 2.13. The Balaban J connectivity index is 1.59. The molecule has 5 aromatic rings. The Labute approximate surface area is 143 Å². The van der Waals surface area contributed by atoms with Crippen LogP contribution >= 0.6 is 0 Å². The van der Waals surface area contributed by atoms with Gasteiger partial charge in [0.2, 0.25) is 11.8 Å². The lowest BCUT2D eigenvalue weighted by Gasteiger charge is -2.03. The number of para-hydroxylation sites is 4. The highest BCUT2D eigenvalue weighted by atomic mass is 16.4. The van der Waals surface area contributed by atoms with Crippen molar-refractivity contribution < 1.29 is 8.83 Å². The summed E-state index contributed by atoms with van der Waals surface area (Å²) in [5.74, 6) is 1.25. The van der Waals surface area contributed by atoms with Crippen molar-refractivity contribution in [1.82, 2.24) is 9.97 Å². The van der Waals surface area contributed by atoms with Crippen molar-refractivity contribution in [2.24, 2.45) is 0 Å². The van der Waals surface area contributed by atoms with Gasteiger partial charge in [-0.25, -0.2) is 9.97 Å². The predicted octanol–water partition coefficient (Wildman–Crippen LogP) is 5.61. The minimum absolute atomic E-state index is 0.619. The van der Waals surface area contributed by atoms with E-state index in [9.17, 15) is 0 Å². The molecule has 5 rings (SSSR count). The van der Waals surface area contributed by atoms with Crippen LogP contribution in [0.25, 0.3) is 45.1 Å². The summed E-state index contributed by atoms with van der Waals surface area (Å²) in [7, 11) is 0. The number of hydrogen-bond donors (Lipinski definition) is 0. The van der Waals surface area contributed by atoms with Crippen LogP contribution in [0.15, 0.2) is 75.6 Å². The van der Waals surface area contributed by atoms with Gasteiger partial charge in [0, 0.05) is 11.1 Å². The lowest BCUT2D eigenvalue weighted by Crippen LogP contribution is -1.86. The summed E-state index contributed by atoms with van der Waals surface area (Å²) >= 11 is 0. The highest BCUT2D eigenvalue weighted by Crippen LogP contribution is 2.31. The average Bonchev–Trinajstić information content (AvgIpc) is 3.25. The maximum atomic E-state index is 5.88. The summed E-state index contributed by atoms with van der Waals surface area (Å²) in [5.41, 5.74) is 6.27. The molecule has 0 aliphatic rings. The number of fused-ring (bicyclic) bond motifs is 2. The van der Waals surface area contributed by atoms with E-state index in [1.165, 1.54) is 0 Å². The monoisotopic (exact) mass is 326 g/mol. The maximum absolute atomic E-state index is 5.88. The molecule has 0 atom stereocenters. The van der Waals surface area contributed by atoms with Gasteiger partial charge in [-0.05, 0) is 55.0 Å². The zero-order valence-corrected chi connectivity index (χ0v) is 13.6. The fraction of sp³-hybridized carbons (Fsp3) is 0.0476. The van der Waals surface area contributed by atoms with Gasteiger partial charge < -0.3 is 8.83 Å². The van der Waals surface area contributed by atoms with Gasteiger partial charge in [-0.15, -0.1) is 0 Å². The lowest BCUT2D eigenvalue weighted by atomic mass is 10.1. The molecule has 25 heavy (non-hydrogen) atoms. The second-order valence-corrected chi connectivity index (χ2v) is 6.00. The summed E-state index contributed by atoms with van der Waals surface area (Å²) in [5, 5.41) is 0. The Kier molecular flexibility index (Phi) is 2.97. The van der Waals surface area contributed by atoms with Gasteiger partial charge in [0.15, 0.2) is 11.2 Å². The van der Waals surface area contributed by atoms with Crippen LogP contribution < -0.4 is 0 Å². The Morgan fingerprint density at radius 3 is 1.92 bits per heavy atom. The maximum Gasteiger partial charge on any atom is 0.227 e. The molecule has 2 heterocycles. The normalized spacial score (nSPS) is 11.4. The second kappa shape index (κ2) is 5.31. The van der Waals surface area contributed by atoms with Crippen molar-refractivity contribution in [2.45, 2.75) is 6.92 Å². The number of oxazole rings is 2. The molecule has 0 N–H and O–H groups in total. The van der Waals surface area contributed by atoms with Crippen molar-refractivity contribution in [3.05, 3.63) is 72.3 Å². The molecule has 0 radical (unpaired) electrons. The summed E-state index contributed by atoms with van der Waals surface area (Å²) in [6.45, 7) is 2.04. The van der Waals surface area contributed by atoms with Crippen molar-refractivity contribution >= 4 is 22.2 Å². The minimum atomic E-state index is 0.619. The second-order valence-electron chi connectivity index (χ2n) is 6.00. The first kappa shape index (κ1) is 14.0. The van der Waals surface area contributed by atoms with E-state index in [-0.39, 0.29) is 0 Å². The molecular formula is C21H14N2O2. The van der Waals surface area contributed by atoms with Crippen molar-refractivity contribution in [3.63, 3.8) is 0 Å². The quantitative estimate of drug-likeness (QED) is 0.423. The van der Waals surface area contributed by atoms with Gasteiger partial charge in [0.1, 0.15) is 11.0 Å². The third-order valence-corrected chi connectivity index (χ3v) is 4.29. The number of hydrogen-bond acceptors (Lipinski definition) is 4. The van der Waals surface area contributed by atoms with E-state index in [1.807, 2.05) is 67.6 Å². The Hall–Kier alpha value is -3.40. The molecule has 0 aliphatic heterocycles. The van der Waals surface area contributed by atoms with Gasteiger partial charge in [0.05, 0.1) is 0 Å². The van der Waals surface area contributed by atoms with Crippen LogP contribution in [-0.4, -0.2) is 9.97 Å². The minimum Gasteiger partial charge on any atom is -0.436 e. The molecule has 120 valence electrons. The van der Waals surface area contributed by atoms with Gasteiger partial charge in [0.25, 0.3) is 0 Å². The van der Waals surface area contributed by atoms with E-state index in [1.54, 1.807) is 0 Å². The van der Waals surface area contributed by atoms with Crippen LogP contribution in [0.1, 0.15) is 5.56 Å². The SMILES string of the molecule is Cc1cc(-c2nc3ccccc3o2)ccc1-c1nc2ccccc2o1. The molecule has 3 aromatic carbocycles. The molecule has 4 nitrogen and oxygen atoms in total. The van der Waals surface area contributed by atoms with Gasteiger partial charge in [-0.2, -0.15) is 0 Å². The predicted molar refractivity (Wildman–Crippen MR) is 97.2 cm³/mol. The number of aryl methyl sites for hydroxylation is 1. The van der Waals surface area contributed by atoms with E-state index < -0.39 is 0 Å². The summed E-state index contributed by atoms with van der Waals surface area (Å²) < 4.78 is 11.7. The lowest BCUT2D eigenvalue weighted by molar-refractivity contribution is 0.617. The summed E-state index contributed by atoms with van der Waals surface area (Å²) in [6, 6.07) is 21.6. The first-order chi connectivity index (χ1) is 12.3. The Morgan fingerprint density at radius 2 is 1.28 bits per heavy atom. The van der Waals surface area contributed by atoms with E-state index in [2.05, 4.69) is 16.0 Å². The zero-order valence-electron chi connectivity index (χ0n) is 13.6. The van der Waals surface area contributed by atoms with Crippen LogP contribution in [0, 0.1) is 6.92 Å². The fourth-order valence-electron chi connectivity index (χ4n) is 3.02. The van der Waals surface area contributed by atoms with Gasteiger partial charge in [-0.3, -0.25) is 0 Å². The van der Waals surface area contributed by atoms with E-state index in [0.29, 0.717) is 11.8 Å². The first-order valence-electron chi connectivity index (χ1n) is 8.10. The Bertz CT molecular complexity index is 1150. The zero-order chi connectivity index (χ0) is 16.8.